The lowest BCUT2D eigenvalue weighted by atomic mass is 9.86. The molecule has 0 fully saturated rings. The second-order valence-electron chi connectivity index (χ2n) is 6.32. The van der Waals surface area contributed by atoms with Gasteiger partial charge in [0, 0.05) is 17.6 Å². The van der Waals surface area contributed by atoms with Gasteiger partial charge in [0.15, 0.2) is 0 Å². The van der Waals surface area contributed by atoms with Crippen LogP contribution in [0.5, 0.6) is 0 Å². The van der Waals surface area contributed by atoms with Crippen molar-refractivity contribution in [2.24, 2.45) is 0 Å². The lowest BCUT2D eigenvalue weighted by Gasteiger charge is -2.30. The predicted octanol–water partition coefficient (Wildman–Crippen LogP) is 4.78. The third-order valence-corrected chi connectivity index (χ3v) is 4.93. The SMILES string of the molecule is Cc1ccc([C@](O)(CNCc2ccccc2)c2ccc(Br)cc2)cc1. The van der Waals surface area contributed by atoms with Crippen molar-refractivity contribution in [1.29, 1.82) is 0 Å². The zero-order valence-electron chi connectivity index (χ0n) is 14.2. The molecule has 2 N–H and O–H groups in total. The molecule has 128 valence electrons. The van der Waals surface area contributed by atoms with E-state index in [0.29, 0.717) is 13.1 Å². The minimum Gasteiger partial charge on any atom is -0.379 e. The van der Waals surface area contributed by atoms with Gasteiger partial charge in [0.25, 0.3) is 0 Å². The van der Waals surface area contributed by atoms with Crippen LogP contribution in [0.2, 0.25) is 0 Å². The Labute approximate surface area is 157 Å². The highest BCUT2D eigenvalue weighted by Gasteiger charge is 2.31. The topological polar surface area (TPSA) is 32.3 Å². The van der Waals surface area contributed by atoms with Crippen molar-refractivity contribution in [3.8, 4) is 0 Å². The highest BCUT2D eigenvalue weighted by molar-refractivity contribution is 9.10. The van der Waals surface area contributed by atoms with Gasteiger partial charge in [-0.05, 0) is 35.7 Å². The molecule has 0 spiro atoms. The maximum Gasteiger partial charge on any atom is 0.127 e. The Kier molecular flexibility index (Phi) is 5.69. The van der Waals surface area contributed by atoms with E-state index in [2.05, 4.69) is 40.3 Å². The molecule has 2 nitrogen and oxygen atoms in total. The Morgan fingerprint density at radius 3 is 2.00 bits per heavy atom. The first-order chi connectivity index (χ1) is 12.1. The first kappa shape index (κ1) is 17.9. The summed E-state index contributed by atoms with van der Waals surface area (Å²) in [6.07, 6.45) is 0. The fourth-order valence-corrected chi connectivity index (χ4v) is 3.17. The number of hydrogen-bond acceptors (Lipinski definition) is 2. The summed E-state index contributed by atoms with van der Waals surface area (Å²) in [5.41, 5.74) is 3.06. The zero-order chi connectivity index (χ0) is 17.7. The highest BCUT2D eigenvalue weighted by Crippen LogP contribution is 2.30. The van der Waals surface area contributed by atoms with Crippen LogP contribution in [0.4, 0.5) is 0 Å². The minimum atomic E-state index is -1.08. The standard InChI is InChI=1S/C22H22BrNO/c1-17-7-9-19(10-8-17)22(25,20-11-13-21(23)14-12-20)16-24-15-18-5-3-2-4-6-18/h2-14,24-25H,15-16H2,1H3/t22-/m1/s1. The zero-order valence-corrected chi connectivity index (χ0v) is 15.8. The van der Waals surface area contributed by atoms with Crippen LogP contribution < -0.4 is 5.32 Å². The summed E-state index contributed by atoms with van der Waals surface area (Å²) in [5, 5.41) is 14.9. The molecule has 3 rings (SSSR count). The minimum absolute atomic E-state index is 0.437. The molecule has 0 radical (unpaired) electrons. The molecule has 1 atom stereocenters. The predicted molar refractivity (Wildman–Crippen MR) is 106 cm³/mol. The number of aliphatic hydroxyl groups is 1. The third-order valence-electron chi connectivity index (χ3n) is 4.40. The Bertz CT molecular complexity index is 752. The Balaban J connectivity index is 1.86. The first-order valence-corrected chi connectivity index (χ1v) is 9.17. The van der Waals surface area contributed by atoms with Crippen molar-refractivity contribution >= 4 is 15.9 Å². The second kappa shape index (κ2) is 7.96. The molecule has 0 aromatic heterocycles. The quantitative estimate of drug-likeness (QED) is 0.628. The van der Waals surface area contributed by atoms with E-state index in [0.717, 1.165) is 15.6 Å². The fourth-order valence-electron chi connectivity index (χ4n) is 2.91. The molecular formula is C22H22BrNO. The largest absolute Gasteiger partial charge is 0.379 e. The molecule has 0 saturated heterocycles. The van der Waals surface area contributed by atoms with E-state index >= 15 is 0 Å². The molecule has 3 aromatic rings. The van der Waals surface area contributed by atoms with Gasteiger partial charge in [0.2, 0.25) is 0 Å². The van der Waals surface area contributed by atoms with E-state index in [1.165, 1.54) is 11.1 Å². The lowest BCUT2D eigenvalue weighted by molar-refractivity contribution is 0.0796. The van der Waals surface area contributed by atoms with E-state index in [1.54, 1.807) is 0 Å². The number of aryl methyl sites for hydroxylation is 1. The molecule has 3 aromatic carbocycles. The molecular weight excluding hydrogens is 374 g/mol. The van der Waals surface area contributed by atoms with Gasteiger partial charge in [0.1, 0.15) is 5.60 Å². The second-order valence-corrected chi connectivity index (χ2v) is 7.24. The summed E-state index contributed by atoms with van der Waals surface area (Å²) in [6.45, 7) is 3.20. The van der Waals surface area contributed by atoms with Crippen molar-refractivity contribution < 1.29 is 5.11 Å². The van der Waals surface area contributed by atoms with Crippen LogP contribution in [0, 0.1) is 6.92 Å². The molecule has 0 aliphatic carbocycles. The lowest BCUT2D eigenvalue weighted by Crippen LogP contribution is -2.39. The smallest absolute Gasteiger partial charge is 0.127 e. The first-order valence-electron chi connectivity index (χ1n) is 8.38. The summed E-state index contributed by atoms with van der Waals surface area (Å²) in [7, 11) is 0. The summed E-state index contributed by atoms with van der Waals surface area (Å²) in [4.78, 5) is 0. The number of rotatable bonds is 6. The third kappa shape index (κ3) is 4.37. The molecule has 0 aliphatic rings. The van der Waals surface area contributed by atoms with E-state index in [-0.39, 0.29) is 0 Å². The normalized spacial score (nSPS) is 13.4. The molecule has 0 heterocycles. The van der Waals surface area contributed by atoms with Gasteiger partial charge in [0.05, 0.1) is 0 Å². The van der Waals surface area contributed by atoms with Crippen LogP contribution in [-0.4, -0.2) is 11.7 Å². The van der Waals surface area contributed by atoms with E-state index in [1.807, 2.05) is 66.7 Å². The Morgan fingerprint density at radius 2 is 1.40 bits per heavy atom. The van der Waals surface area contributed by atoms with Gasteiger partial charge in [-0.3, -0.25) is 0 Å². The summed E-state index contributed by atoms with van der Waals surface area (Å²) in [6, 6.07) is 26.2. The van der Waals surface area contributed by atoms with Gasteiger partial charge in [-0.25, -0.2) is 0 Å². The van der Waals surface area contributed by atoms with Crippen LogP contribution in [-0.2, 0) is 12.1 Å². The van der Waals surface area contributed by atoms with E-state index in [9.17, 15) is 5.11 Å². The molecule has 3 heteroatoms. The molecule has 25 heavy (non-hydrogen) atoms. The number of nitrogens with one attached hydrogen (secondary N) is 1. The van der Waals surface area contributed by atoms with Crippen LogP contribution in [0.25, 0.3) is 0 Å². The summed E-state index contributed by atoms with van der Waals surface area (Å²) < 4.78 is 1.000. The monoisotopic (exact) mass is 395 g/mol. The van der Waals surface area contributed by atoms with Crippen molar-refractivity contribution in [2.75, 3.05) is 6.54 Å². The number of hydrogen-bond donors (Lipinski definition) is 2. The van der Waals surface area contributed by atoms with Gasteiger partial charge in [-0.2, -0.15) is 0 Å². The van der Waals surface area contributed by atoms with Crippen molar-refractivity contribution in [2.45, 2.75) is 19.1 Å². The average Bonchev–Trinajstić information content (AvgIpc) is 2.63. The van der Waals surface area contributed by atoms with Gasteiger partial charge < -0.3 is 10.4 Å². The molecule has 0 bridgehead atoms. The molecule has 0 saturated carbocycles. The summed E-state index contributed by atoms with van der Waals surface area (Å²) >= 11 is 3.46. The van der Waals surface area contributed by atoms with Crippen LogP contribution >= 0.6 is 15.9 Å². The maximum atomic E-state index is 11.5. The molecule has 0 unspecified atom stereocenters. The van der Waals surface area contributed by atoms with E-state index < -0.39 is 5.60 Å². The van der Waals surface area contributed by atoms with Gasteiger partial charge in [-0.15, -0.1) is 0 Å². The average molecular weight is 396 g/mol. The van der Waals surface area contributed by atoms with Crippen molar-refractivity contribution in [3.05, 3.63) is 106 Å². The van der Waals surface area contributed by atoms with Crippen LogP contribution in [0.3, 0.4) is 0 Å². The fraction of sp³-hybridized carbons (Fsp3) is 0.182. The molecule has 0 aliphatic heterocycles. The van der Waals surface area contributed by atoms with Gasteiger partial charge in [-0.1, -0.05) is 88.2 Å². The Hall–Kier alpha value is -1.94. The maximum absolute atomic E-state index is 11.5. The van der Waals surface area contributed by atoms with Crippen molar-refractivity contribution in [1.82, 2.24) is 5.32 Å². The summed E-state index contributed by atoms with van der Waals surface area (Å²) in [5.74, 6) is 0. The highest BCUT2D eigenvalue weighted by atomic mass is 79.9. The Morgan fingerprint density at radius 1 is 0.840 bits per heavy atom. The van der Waals surface area contributed by atoms with Crippen molar-refractivity contribution in [3.63, 3.8) is 0 Å². The number of halogens is 1. The van der Waals surface area contributed by atoms with Crippen LogP contribution in [0.1, 0.15) is 22.3 Å². The van der Waals surface area contributed by atoms with E-state index in [4.69, 9.17) is 0 Å². The van der Waals surface area contributed by atoms with Gasteiger partial charge >= 0.3 is 0 Å². The number of benzene rings is 3. The molecule has 0 amide bonds. The van der Waals surface area contributed by atoms with Crippen LogP contribution in [0.15, 0.2) is 83.3 Å².